The third kappa shape index (κ3) is 3.88. The largest absolute Gasteiger partial charge is 0.355 e. The molecule has 0 saturated heterocycles. The molecule has 0 spiro atoms. The number of nitrogens with one attached hydrogen (secondary N) is 2. The van der Waals surface area contributed by atoms with E-state index < -0.39 is 0 Å². The van der Waals surface area contributed by atoms with E-state index in [4.69, 9.17) is 5.73 Å². The molecule has 0 aliphatic carbocycles. The van der Waals surface area contributed by atoms with Gasteiger partial charge in [0.15, 0.2) is 0 Å². The van der Waals surface area contributed by atoms with Gasteiger partial charge in [-0.05, 0) is 31.2 Å². The van der Waals surface area contributed by atoms with Gasteiger partial charge in [0.2, 0.25) is 0 Å². The van der Waals surface area contributed by atoms with Crippen LogP contribution in [-0.2, 0) is 0 Å². The van der Waals surface area contributed by atoms with Gasteiger partial charge in [0.05, 0.1) is 0 Å². The summed E-state index contributed by atoms with van der Waals surface area (Å²) in [6, 6.07) is 6.58. The number of hydrogen-bond donors (Lipinski definition) is 3. The second kappa shape index (κ2) is 6.65. The summed E-state index contributed by atoms with van der Waals surface area (Å²) in [5.41, 5.74) is 6.28. The molecule has 0 aliphatic rings. The lowest BCUT2D eigenvalue weighted by molar-refractivity contribution is 0.0953. The summed E-state index contributed by atoms with van der Waals surface area (Å²) in [4.78, 5) is 23.1. The van der Waals surface area contributed by atoms with E-state index in [1.54, 1.807) is 31.3 Å². The molecule has 1 aromatic rings. The maximum atomic E-state index is 11.7. The quantitative estimate of drug-likeness (QED) is 0.634. The maximum absolute atomic E-state index is 11.7. The number of hydrogen-bond acceptors (Lipinski definition) is 3. The van der Waals surface area contributed by atoms with Crippen LogP contribution in [0.3, 0.4) is 0 Å². The van der Waals surface area contributed by atoms with Gasteiger partial charge in [-0.25, -0.2) is 0 Å². The molecule has 0 bridgehead atoms. The zero-order valence-electron chi connectivity index (χ0n) is 9.82. The zero-order valence-corrected chi connectivity index (χ0v) is 9.82. The summed E-state index contributed by atoms with van der Waals surface area (Å²) in [6.45, 7) is 1.08. The molecular formula is C12H17N3O2. The van der Waals surface area contributed by atoms with E-state index in [0.717, 1.165) is 6.42 Å². The topological polar surface area (TPSA) is 84.2 Å². The lowest BCUT2D eigenvalue weighted by atomic mass is 10.1. The number of benzene rings is 1. The van der Waals surface area contributed by atoms with Gasteiger partial charge in [0.1, 0.15) is 0 Å². The Kier molecular flexibility index (Phi) is 5.16. The standard InChI is InChI=1S/C12H17N3O2/c1-14-11(16)9-4-2-5-10(8-9)12(17)15-7-3-6-13/h2,4-5,8H,3,6-7,13H2,1H3,(H,14,16)(H,15,17). The fraction of sp³-hybridized carbons (Fsp3) is 0.333. The van der Waals surface area contributed by atoms with Crippen LogP contribution in [0.5, 0.6) is 0 Å². The van der Waals surface area contributed by atoms with Crippen LogP contribution < -0.4 is 16.4 Å². The zero-order chi connectivity index (χ0) is 12.7. The third-order valence-electron chi connectivity index (χ3n) is 2.28. The summed E-state index contributed by atoms with van der Waals surface area (Å²) in [5.74, 6) is -0.397. The van der Waals surface area contributed by atoms with E-state index in [1.165, 1.54) is 0 Å². The van der Waals surface area contributed by atoms with E-state index in [1.807, 2.05) is 0 Å². The van der Waals surface area contributed by atoms with Gasteiger partial charge in [-0.2, -0.15) is 0 Å². The Labute approximate surface area is 100 Å². The van der Waals surface area contributed by atoms with Gasteiger partial charge in [-0.15, -0.1) is 0 Å². The summed E-state index contributed by atoms with van der Waals surface area (Å²) in [6.07, 6.45) is 0.737. The Morgan fingerprint density at radius 3 is 2.47 bits per heavy atom. The first-order chi connectivity index (χ1) is 8.19. The first kappa shape index (κ1) is 13.2. The van der Waals surface area contributed by atoms with Crippen molar-refractivity contribution in [3.63, 3.8) is 0 Å². The summed E-state index contributed by atoms with van der Waals surface area (Å²) < 4.78 is 0. The fourth-order valence-electron chi connectivity index (χ4n) is 1.35. The molecule has 0 aromatic heterocycles. The average molecular weight is 235 g/mol. The molecule has 1 rings (SSSR count). The Morgan fingerprint density at radius 1 is 1.24 bits per heavy atom. The van der Waals surface area contributed by atoms with Crippen molar-refractivity contribution in [3.8, 4) is 0 Å². The lowest BCUT2D eigenvalue weighted by Gasteiger charge is -2.05. The Hall–Kier alpha value is -1.88. The predicted octanol–water partition coefficient (Wildman–Crippen LogP) is 0.125. The molecule has 2 amide bonds. The average Bonchev–Trinajstić information content (AvgIpc) is 2.38. The lowest BCUT2D eigenvalue weighted by Crippen LogP contribution is -2.26. The van der Waals surface area contributed by atoms with Gasteiger partial charge < -0.3 is 16.4 Å². The first-order valence-electron chi connectivity index (χ1n) is 5.49. The van der Waals surface area contributed by atoms with Crippen molar-refractivity contribution in [3.05, 3.63) is 35.4 Å². The number of rotatable bonds is 5. The predicted molar refractivity (Wildman–Crippen MR) is 65.8 cm³/mol. The second-order valence-electron chi connectivity index (χ2n) is 3.56. The van der Waals surface area contributed by atoms with E-state index in [9.17, 15) is 9.59 Å². The van der Waals surface area contributed by atoms with E-state index in [0.29, 0.717) is 24.2 Å². The van der Waals surface area contributed by atoms with Crippen molar-refractivity contribution in [1.82, 2.24) is 10.6 Å². The van der Waals surface area contributed by atoms with Crippen molar-refractivity contribution in [2.45, 2.75) is 6.42 Å². The molecule has 92 valence electrons. The summed E-state index contributed by atoms with van der Waals surface area (Å²) in [7, 11) is 1.55. The van der Waals surface area contributed by atoms with E-state index >= 15 is 0 Å². The van der Waals surface area contributed by atoms with Crippen LogP contribution in [0.4, 0.5) is 0 Å². The van der Waals surface area contributed by atoms with Crippen molar-refractivity contribution in [1.29, 1.82) is 0 Å². The summed E-state index contributed by atoms with van der Waals surface area (Å²) in [5, 5.41) is 5.25. The van der Waals surface area contributed by atoms with E-state index in [-0.39, 0.29) is 11.8 Å². The minimum Gasteiger partial charge on any atom is -0.355 e. The van der Waals surface area contributed by atoms with Gasteiger partial charge in [0, 0.05) is 24.7 Å². The first-order valence-corrected chi connectivity index (χ1v) is 5.49. The SMILES string of the molecule is CNC(=O)c1cccc(C(=O)NCCCN)c1. The Bertz CT molecular complexity index is 404. The maximum Gasteiger partial charge on any atom is 0.251 e. The number of amides is 2. The van der Waals surface area contributed by atoms with Crippen molar-refractivity contribution in [2.24, 2.45) is 5.73 Å². The molecule has 0 fully saturated rings. The van der Waals surface area contributed by atoms with Gasteiger partial charge in [-0.1, -0.05) is 6.07 Å². The van der Waals surface area contributed by atoms with Crippen LogP contribution in [0.2, 0.25) is 0 Å². The highest BCUT2D eigenvalue weighted by Crippen LogP contribution is 2.05. The van der Waals surface area contributed by atoms with Crippen molar-refractivity contribution in [2.75, 3.05) is 20.1 Å². The van der Waals surface area contributed by atoms with Crippen LogP contribution in [-0.4, -0.2) is 32.0 Å². The minimum absolute atomic E-state index is 0.191. The van der Waals surface area contributed by atoms with Crippen LogP contribution in [0.1, 0.15) is 27.1 Å². The van der Waals surface area contributed by atoms with Crippen molar-refractivity contribution >= 4 is 11.8 Å². The Balaban J connectivity index is 2.70. The molecule has 0 radical (unpaired) electrons. The molecule has 0 heterocycles. The molecule has 17 heavy (non-hydrogen) atoms. The van der Waals surface area contributed by atoms with Gasteiger partial charge in [0.25, 0.3) is 11.8 Å². The molecule has 5 heteroatoms. The second-order valence-corrected chi connectivity index (χ2v) is 3.56. The molecule has 1 aromatic carbocycles. The van der Waals surface area contributed by atoms with Crippen LogP contribution >= 0.6 is 0 Å². The van der Waals surface area contributed by atoms with Crippen molar-refractivity contribution < 1.29 is 9.59 Å². The van der Waals surface area contributed by atoms with Gasteiger partial charge >= 0.3 is 0 Å². The highest BCUT2D eigenvalue weighted by molar-refractivity contribution is 5.99. The molecule has 4 N–H and O–H groups in total. The van der Waals surface area contributed by atoms with Crippen LogP contribution in [0, 0.1) is 0 Å². The minimum atomic E-state index is -0.207. The Morgan fingerprint density at radius 2 is 1.88 bits per heavy atom. The van der Waals surface area contributed by atoms with Crippen LogP contribution in [0.15, 0.2) is 24.3 Å². The number of carbonyl (C=O) groups is 2. The highest BCUT2D eigenvalue weighted by atomic mass is 16.2. The van der Waals surface area contributed by atoms with Gasteiger partial charge in [-0.3, -0.25) is 9.59 Å². The highest BCUT2D eigenvalue weighted by Gasteiger charge is 2.08. The molecule has 0 unspecified atom stereocenters. The molecule has 0 saturated carbocycles. The third-order valence-corrected chi connectivity index (χ3v) is 2.28. The number of carbonyl (C=O) groups excluding carboxylic acids is 2. The number of nitrogens with two attached hydrogens (primary N) is 1. The summed E-state index contributed by atoms with van der Waals surface area (Å²) >= 11 is 0. The fourth-order valence-corrected chi connectivity index (χ4v) is 1.35. The monoisotopic (exact) mass is 235 g/mol. The molecular weight excluding hydrogens is 218 g/mol. The van der Waals surface area contributed by atoms with Crippen LogP contribution in [0.25, 0.3) is 0 Å². The smallest absolute Gasteiger partial charge is 0.251 e. The molecule has 5 nitrogen and oxygen atoms in total. The molecule has 0 aliphatic heterocycles. The normalized spacial score (nSPS) is 9.76. The van der Waals surface area contributed by atoms with E-state index in [2.05, 4.69) is 10.6 Å². The molecule has 0 atom stereocenters.